The summed E-state index contributed by atoms with van der Waals surface area (Å²) in [6, 6.07) is 0.731. The number of hydrogen-bond donors (Lipinski definition) is 2. The fraction of sp³-hybridized carbons (Fsp3) is 0.929. The quantitative estimate of drug-likeness (QED) is 0.776. The van der Waals surface area contributed by atoms with Crippen molar-refractivity contribution >= 4 is 5.91 Å². The number of amides is 1. The van der Waals surface area contributed by atoms with Gasteiger partial charge in [-0.3, -0.25) is 4.79 Å². The molecule has 0 atom stereocenters. The Morgan fingerprint density at radius 2 is 1.71 bits per heavy atom. The van der Waals surface area contributed by atoms with Gasteiger partial charge in [-0.15, -0.1) is 0 Å². The van der Waals surface area contributed by atoms with Gasteiger partial charge in [-0.1, -0.05) is 26.2 Å². The van der Waals surface area contributed by atoms with Crippen LogP contribution in [0.1, 0.15) is 64.7 Å². The van der Waals surface area contributed by atoms with Gasteiger partial charge in [0.05, 0.1) is 0 Å². The summed E-state index contributed by atoms with van der Waals surface area (Å²) >= 11 is 0. The van der Waals surface area contributed by atoms with Crippen molar-refractivity contribution in [3.8, 4) is 0 Å². The number of rotatable bonds is 2. The third-order valence-electron chi connectivity index (χ3n) is 4.61. The lowest BCUT2D eigenvalue weighted by atomic mass is 9.74. The van der Waals surface area contributed by atoms with Gasteiger partial charge in [0.15, 0.2) is 0 Å². The first-order chi connectivity index (χ1) is 8.10. The number of nitrogens with two attached hydrogens (primary N) is 1. The van der Waals surface area contributed by atoms with Crippen LogP contribution in [0.4, 0.5) is 0 Å². The van der Waals surface area contributed by atoms with Crippen LogP contribution in [0.5, 0.6) is 0 Å². The van der Waals surface area contributed by atoms with Crippen molar-refractivity contribution in [1.29, 1.82) is 0 Å². The molecule has 0 aromatic carbocycles. The second-order valence-corrected chi connectivity index (χ2v) is 6.21. The van der Waals surface area contributed by atoms with Gasteiger partial charge in [0.2, 0.25) is 5.91 Å². The Hall–Kier alpha value is -0.570. The second kappa shape index (κ2) is 5.38. The number of nitrogens with one attached hydrogen (secondary N) is 1. The average Bonchev–Trinajstić information content (AvgIpc) is 2.33. The van der Waals surface area contributed by atoms with E-state index in [1.165, 1.54) is 19.3 Å². The Balaban J connectivity index is 1.83. The molecule has 0 heterocycles. The highest BCUT2D eigenvalue weighted by Gasteiger charge is 2.35. The maximum Gasteiger partial charge on any atom is 0.226 e. The molecule has 0 aromatic heterocycles. The standard InChI is InChI=1S/C14H26N2O/c1-14(9-3-2-4-10-14)13(17)16-12-7-5-11(15)6-8-12/h11-12H,2-10,15H2,1H3,(H,16,17). The Morgan fingerprint density at radius 1 is 1.12 bits per heavy atom. The van der Waals surface area contributed by atoms with Crippen molar-refractivity contribution in [2.24, 2.45) is 11.1 Å². The molecule has 0 spiro atoms. The van der Waals surface area contributed by atoms with Crippen LogP contribution in [-0.4, -0.2) is 18.0 Å². The molecular weight excluding hydrogens is 212 g/mol. The normalized spacial score (nSPS) is 33.1. The topological polar surface area (TPSA) is 55.1 Å². The van der Waals surface area contributed by atoms with Crippen LogP contribution in [0.15, 0.2) is 0 Å². The minimum atomic E-state index is -0.0994. The maximum absolute atomic E-state index is 12.3. The molecule has 2 aliphatic carbocycles. The Bertz CT molecular complexity index is 263. The monoisotopic (exact) mass is 238 g/mol. The molecule has 2 saturated carbocycles. The SMILES string of the molecule is CC1(C(=O)NC2CCC(N)CC2)CCCCC1. The van der Waals surface area contributed by atoms with Gasteiger partial charge in [-0.05, 0) is 38.5 Å². The fourth-order valence-corrected chi connectivity index (χ4v) is 3.18. The summed E-state index contributed by atoms with van der Waals surface area (Å²) in [6.45, 7) is 2.13. The average molecular weight is 238 g/mol. The number of carbonyl (C=O) groups is 1. The van der Waals surface area contributed by atoms with Crippen molar-refractivity contribution < 1.29 is 4.79 Å². The van der Waals surface area contributed by atoms with Crippen molar-refractivity contribution in [2.75, 3.05) is 0 Å². The summed E-state index contributed by atoms with van der Waals surface area (Å²) in [5.74, 6) is 0.290. The maximum atomic E-state index is 12.3. The Kier molecular flexibility index (Phi) is 4.08. The molecule has 3 heteroatoms. The first-order valence-electron chi connectivity index (χ1n) is 7.17. The fourth-order valence-electron chi connectivity index (χ4n) is 3.18. The van der Waals surface area contributed by atoms with E-state index >= 15 is 0 Å². The lowest BCUT2D eigenvalue weighted by Gasteiger charge is -2.35. The minimum Gasteiger partial charge on any atom is -0.353 e. The van der Waals surface area contributed by atoms with Gasteiger partial charge >= 0.3 is 0 Å². The van der Waals surface area contributed by atoms with Gasteiger partial charge in [0, 0.05) is 17.5 Å². The predicted molar refractivity (Wildman–Crippen MR) is 69.6 cm³/mol. The van der Waals surface area contributed by atoms with E-state index in [0.29, 0.717) is 12.1 Å². The van der Waals surface area contributed by atoms with E-state index in [1.54, 1.807) is 0 Å². The van der Waals surface area contributed by atoms with Gasteiger partial charge in [-0.25, -0.2) is 0 Å². The molecule has 0 saturated heterocycles. The summed E-state index contributed by atoms with van der Waals surface area (Å²) in [7, 11) is 0. The van der Waals surface area contributed by atoms with Gasteiger partial charge < -0.3 is 11.1 Å². The molecule has 0 aromatic rings. The molecule has 98 valence electrons. The smallest absolute Gasteiger partial charge is 0.226 e. The highest BCUT2D eigenvalue weighted by molar-refractivity contribution is 5.82. The molecule has 0 bridgehead atoms. The Morgan fingerprint density at radius 3 is 2.29 bits per heavy atom. The Labute approximate surface area is 105 Å². The van der Waals surface area contributed by atoms with Crippen molar-refractivity contribution in [3.63, 3.8) is 0 Å². The van der Waals surface area contributed by atoms with E-state index in [-0.39, 0.29) is 11.3 Å². The highest BCUT2D eigenvalue weighted by atomic mass is 16.2. The van der Waals surface area contributed by atoms with Crippen LogP contribution in [0.25, 0.3) is 0 Å². The summed E-state index contributed by atoms with van der Waals surface area (Å²) in [5.41, 5.74) is 5.78. The number of carbonyl (C=O) groups excluding carboxylic acids is 1. The van der Waals surface area contributed by atoms with Crippen molar-refractivity contribution in [3.05, 3.63) is 0 Å². The summed E-state index contributed by atoms with van der Waals surface area (Å²) < 4.78 is 0. The van der Waals surface area contributed by atoms with Crippen LogP contribution in [0, 0.1) is 5.41 Å². The molecular formula is C14H26N2O. The highest BCUT2D eigenvalue weighted by Crippen LogP contribution is 2.36. The molecule has 1 amide bonds. The van der Waals surface area contributed by atoms with E-state index in [4.69, 9.17) is 5.73 Å². The van der Waals surface area contributed by atoms with E-state index in [9.17, 15) is 4.79 Å². The first kappa shape index (κ1) is 12.9. The summed E-state index contributed by atoms with van der Waals surface area (Å²) in [4.78, 5) is 12.3. The summed E-state index contributed by atoms with van der Waals surface area (Å²) in [6.07, 6.45) is 10.1. The van der Waals surface area contributed by atoms with E-state index in [0.717, 1.165) is 38.5 Å². The molecule has 2 aliphatic rings. The van der Waals surface area contributed by atoms with Gasteiger partial charge in [0.1, 0.15) is 0 Å². The van der Waals surface area contributed by atoms with Crippen molar-refractivity contribution in [1.82, 2.24) is 5.32 Å². The third-order valence-corrected chi connectivity index (χ3v) is 4.61. The molecule has 2 fully saturated rings. The van der Waals surface area contributed by atoms with Crippen LogP contribution < -0.4 is 11.1 Å². The molecule has 17 heavy (non-hydrogen) atoms. The predicted octanol–water partition coefficient (Wildman–Crippen LogP) is 2.34. The van der Waals surface area contributed by atoms with Crippen LogP contribution in [0.3, 0.4) is 0 Å². The van der Waals surface area contributed by atoms with E-state index < -0.39 is 0 Å². The van der Waals surface area contributed by atoms with Gasteiger partial charge in [-0.2, -0.15) is 0 Å². The van der Waals surface area contributed by atoms with Crippen LogP contribution in [0.2, 0.25) is 0 Å². The van der Waals surface area contributed by atoms with Crippen LogP contribution in [-0.2, 0) is 4.79 Å². The molecule has 0 unspecified atom stereocenters. The first-order valence-corrected chi connectivity index (χ1v) is 7.17. The zero-order valence-corrected chi connectivity index (χ0v) is 11.0. The van der Waals surface area contributed by atoms with Crippen LogP contribution >= 0.6 is 0 Å². The lowest BCUT2D eigenvalue weighted by molar-refractivity contribution is -0.132. The minimum absolute atomic E-state index is 0.0994. The van der Waals surface area contributed by atoms with Crippen molar-refractivity contribution in [2.45, 2.75) is 76.8 Å². The lowest BCUT2D eigenvalue weighted by Crippen LogP contribution is -2.47. The van der Waals surface area contributed by atoms with E-state index in [1.807, 2.05) is 0 Å². The zero-order chi connectivity index (χ0) is 12.3. The summed E-state index contributed by atoms with van der Waals surface area (Å²) in [5, 5.41) is 3.26. The molecule has 2 rings (SSSR count). The molecule has 0 radical (unpaired) electrons. The second-order valence-electron chi connectivity index (χ2n) is 6.21. The number of hydrogen-bond acceptors (Lipinski definition) is 2. The van der Waals surface area contributed by atoms with E-state index in [2.05, 4.69) is 12.2 Å². The molecule has 3 nitrogen and oxygen atoms in total. The largest absolute Gasteiger partial charge is 0.353 e. The third kappa shape index (κ3) is 3.21. The molecule has 0 aliphatic heterocycles. The zero-order valence-electron chi connectivity index (χ0n) is 11.0. The van der Waals surface area contributed by atoms with Gasteiger partial charge in [0.25, 0.3) is 0 Å². The molecule has 3 N–H and O–H groups in total.